The highest BCUT2D eigenvalue weighted by Gasteiger charge is 2.09. The van der Waals surface area contributed by atoms with Crippen molar-refractivity contribution in [1.29, 1.82) is 0 Å². The van der Waals surface area contributed by atoms with E-state index >= 15 is 0 Å². The van der Waals surface area contributed by atoms with Gasteiger partial charge in [0, 0.05) is 5.02 Å². The molecule has 2 aromatic rings. The van der Waals surface area contributed by atoms with Gasteiger partial charge < -0.3 is 10.1 Å². The van der Waals surface area contributed by atoms with E-state index in [1.165, 1.54) is 0 Å². The molecule has 0 heterocycles. The first-order valence-corrected chi connectivity index (χ1v) is 6.48. The lowest BCUT2D eigenvalue weighted by molar-refractivity contribution is -0.113. The zero-order chi connectivity index (χ0) is 13.7. The summed E-state index contributed by atoms with van der Waals surface area (Å²) >= 11 is 11.4. The van der Waals surface area contributed by atoms with Crippen molar-refractivity contribution in [3.63, 3.8) is 0 Å². The summed E-state index contributed by atoms with van der Waals surface area (Å²) in [7, 11) is 0. The maximum Gasteiger partial charge on any atom is 0.239 e. The molecule has 1 N–H and O–H groups in total. The van der Waals surface area contributed by atoms with Gasteiger partial charge in [-0.3, -0.25) is 4.79 Å². The summed E-state index contributed by atoms with van der Waals surface area (Å²) in [5.41, 5.74) is 0.488. The van der Waals surface area contributed by atoms with E-state index in [4.69, 9.17) is 27.9 Å². The number of hydrogen-bond acceptors (Lipinski definition) is 2. The van der Waals surface area contributed by atoms with Gasteiger partial charge in [0.1, 0.15) is 11.6 Å². The maximum atomic E-state index is 11.4. The van der Waals surface area contributed by atoms with Gasteiger partial charge in [-0.2, -0.15) is 0 Å². The van der Waals surface area contributed by atoms with Crippen LogP contribution in [0.2, 0.25) is 5.02 Å². The van der Waals surface area contributed by atoms with Crippen molar-refractivity contribution in [2.75, 3.05) is 11.2 Å². The first-order chi connectivity index (χ1) is 9.19. The summed E-state index contributed by atoms with van der Waals surface area (Å²) in [6.45, 7) is 0. The smallest absolute Gasteiger partial charge is 0.239 e. The molecule has 0 unspecified atom stereocenters. The second-order valence-electron chi connectivity index (χ2n) is 3.74. The molecule has 5 heteroatoms. The topological polar surface area (TPSA) is 38.3 Å². The Bertz CT molecular complexity index is 573. The van der Waals surface area contributed by atoms with Crippen LogP contribution in [0.15, 0.2) is 48.5 Å². The molecule has 0 aromatic heterocycles. The molecule has 0 saturated carbocycles. The maximum absolute atomic E-state index is 11.4. The van der Waals surface area contributed by atoms with Crippen LogP contribution in [0.25, 0.3) is 0 Å². The number of carbonyl (C=O) groups excluding carboxylic acids is 1. The van der Waals surface area contributed by atoms with Gasteiger partial charge in [-0.05, 0) is 30.3 Å². The highest BCUT2D eigenvalue weighted by Crippen LogP contribution is 2.31. The number of anilines is 1. The minimum atomic E-state index is -0.318. The molecule has 2 rings (SSSR count). The number of benzene rings is 2. The van der Waals surface area contributed by atoms with Crippen LogP contribution >= 0.6 is 23.2 Å². The largest absolute Gasteiger partial charge is 0.455 e. The van der Waals surface area contributed by atoms with Crippen molar-refractivity contribution in [1.82, 2.24) is 0 Å². The molecule has 19 heavy (non-hydrogen) atoms. The SMILES string of the molecule is O=C(CCl)Nc1cc(Cl)ccc1Oc1ccccc1. The summed E-state index contributed by atoms with van der Waals surface area (Å²) in [5, 5.41) is 3.15. The number of para-hydroxylation sites is 1. The van der Waals surface area contributed by atoms with Gasteiger partial charge in [0.2, 0.25) is 5.91 Å². The molecule has 1 amide bonds. The van der Waals surface area contributed by atoms with Crippen LogP contribution in [-0.2, 0) is 4.79 Å². The Morgan fingerprint density at radius 2 is 1.89 bits per heavy atom. The number of carbonyl (C=O) groups is 1. The quantitative estimate of drug-likeness (QED) is 0.854. The molecule has 0 aliphatic carbocycles. The fourth-order valence-corrected chi connectivity index (χ4v) is 1.73. The van der Waals surface area contributed by atoms with Crippen LogP contribution in [0.1, 0.15) is 0 Å². The van der Waals surface area contributed by atoms with Crippen molar-refractivity contribution in [3.8, 4) is 11.5 Å². The van der Waals surface area contributed by atoms with Gasteiger partial charge in [0.15, 0.2) is 5.75 Å². The molecule has 2 aromatic carbocycles. The highest BCUT2D eigenvalue weighted by atomic mass is 35.5. The van der Waals surface area contributed by atoms with Gasteiger partial charge in [-0.1, -0.05) is 29.8 Å². The Labute approximate surface area is 121 Å². The molecule has 98 valence electrons. The number of hydrogen-bond donors (Lipinski definition) is 1. The van der Waals surface area contributed by atoms with Crippen LogP contribution in [0, 0.1) is 0 Å². The molecule has 0 fully saturated rings. The number of rotatable bonds is 4. The van der Waals surface area contributed by atoms with Gasteiger partial charge in [-0.25, -0.2) is 0 Å². The second kappa shape index (κ2) is 6.45. The Morgan fingerprint density at radius 3 is 2.58 bits per heavy atom. The molecular formula is C14H11Cl2NO2. The zero-order valence-corrected chi connectivity index (χ0v) is 11.4. The lowest BCUT2D eigenvalue weighted by atomic mass is 10.3. The standard InChI is InChI=1S/C14H11Cl2NO2/c15-9-14(18)17-12-8-10(16)6-7-13(12)19-11-4-2-1-3-5-11/h1-8H,9H2,(H,17,18). The highest BCUT2D eigenvalue weighted by molar-refractivity contribution is 6.31. The van der Waals surface area contributed by atoms with E-state index in [-0.39, 0.29) is 11.8 Å². The molecule has 3 nitrogen and oxygen atoms in total. The fourth-order valence-electron chi connectivity index (χ4n) is 1.49. The fraction of sp³-hybridized carbons (Fsp3) is 0.0714. The predicted octanol–water partition coefficient (Wildman–Crippen LogP) is 4.31. The normalized spacial score (nSPS) is 10.0. The van der Waals surface area contributed by atoms with E-state index in [2.05, 4.69) is 5.32 Å². The first kappa shape index (κ1) is 13.7. The van der Waals surface area contributed by atoms with Crippen LogP contribution < -0.4 is 10.1 Å². The van der Waals surface area contributed by atoms with Gasteiger partial charge in [0.05, 0.1) is 5.69 Å². The van der Waals surface area contributed by atoms with E-state index in [1.807, 2.05) is 30.3 Å². The number of alkyl halides is 1. The van der Waals surface area contributed by atoms with Crippen molar-refractivity contribution >= 4 is 34.8 Å². The third-order valence-electron chi connectivity index (χ3n) is 2.31. The second-order valence-corrected chi connectivity index (χ2v) is 4.44. The lowest BCUT2D eigenvalue weighted by Crippen LogP contribution is -2.13. The molecule has 0 aliphatic rings. The molecule has 0 saturated heterocycles. The van der Waals surface area contributed by atoms with Crippen LogP contribution in [0.3, 0.4) is 0 Å². The Kier molecular flexibility index (Phi) is 4.66. The minimum Gasteiger partial charge on any atom is -0.455 e. The number of halogens is 2. The van der Waals surface area contributed by atoms with E-state index in [9.17, 15) is 4.79 Å². The molecule has 0 aliphatic heterocycles. The van der Waals surface area contributed by atoms with Crippen LogP contribution in [-0.4, -0.2) is 11.8 Å². The molecule has 0 radical (unpaired) electrons. The van der Waals surface area contributed by atoms with Crippen LogP contribution in [0.4, 0.5) is 5.69 Å². The Hall–Kier alpha value is -1.71. The average Bonchev–Trinajstić information content (AvgIpc) is 2.43. The minimum absolute atomic E-state index is 0.128. The summed E-state index contributed by atoms with van der Waals surface area (Å²) in [5.74, 6) is 0.735. The molecule has 0 bridgehead atoms. The van der Waals surface area contributed by atoms with Gasteiger partial charge in [0.25, 0.3) is 0 Å². The predicted molar refractivity (Wildman–Crippen MR) is 77.3 cm³/mol. The number of nitrogens with one attached hydrogen (secondary N) is 1. The molecular weight excluding hydrogens is 285 g/mol. The summed E-state index contributed by atoms with van der Waals surface area (Å²) < 4.78 is 5.69. The van der Waals surface area contributed by atoms with Crippen molar-refractivity contribution in [3.05, 3.63) is 53.6 Å². The van der Waals surface area contributed by atoms with Gasteiger partial charge >= 0.3 is 0 Å². The monoisotopic (exact) mass is 295 g/mol. The van der Waals surface area contributed by atoms with E-state index in [1.54, 1.807) is 18.2 Å². The van der Waals surface area contributed by atoms with E-state index in [0.717, 1.165) is 0 Å². The average molecular weight is 296 g/mol. The van der Waals surface area contributed by atoms with E-state index < -0.39 is 0 Å². The van der Waals surface area contributed by atoms with Crippen molar-refractivity contribution in [2.24, 2.45) is 0 Å². The summed E-state index contributed by atoms with van der Waals surface area (Å²) in [4.78, 5) is 11.4. The number of amides is 1. The Morgan fingerprint density at radius 1 is 1.16 bits per heavy atom. The summed E-state index contributed by atoms with van der Waals surface area (Å²) in [6, 6.07) is 14.3. The zero-order valence-electron chi connectivity index (χ0n) is 9.90. The number of ether oxygens (including phenoxy) is 1. The van der Waals surface area contributed by atoms with E-state index in [0.29, 0.717) is 22.2 Å². The summed E-state index contributed by atoms with van der Waals surface area (Å²) in [6.07, 6.45) is 0. The third kappa shape index (κ3) is 3.88. The molecule has 0 atom stereocenters. The van der Waals surface area contributed by atoms with Gasteiger partial charge in [-0.15, -0.1) is 11.6 Å². The van der Waals surface area contributed by atoms with Crippen LogP contribution in [0.5, 0.6) is 11.5 Å². The van der Waals surface area contributed by atoms with Crippen molar-refractivity contribution < 1.29 is 9.53 Å². The molecule has 0 spiro atoms. The Balaban J connectivity index is 2.26. The lowest BCUT2D eigenvalue weighted by Gasteiger charge is -2.12. The third-order valence-corrected chi connectivity index (χ3v) is 2.79. The van der Waals surface area contributed by atoms with Crippen molar-refractivity contribution in [2.45, 2.75) is 0 Å². The first-order valence-electron chi connectivity index (χ1n) is 5.57.